The standard InChI is InChI=1S/C14H12F3N3S/c1-8-4-10(7-19-6-8)20-9-2-3-12(14(15,16)17)11(5-9)13(18)21/h2-7,20H,1H3,(H2,18,21). The molecule has 7 heteroatoms. The van der Waals surface area contributed by atoms with Gasteiger partial charge in [0, 0.05) is 17.4 Å². The van der Waals surface area contributed by atoms with Crippen molar-refractivity contribution >= 4 is 28.6 Å². The molecule has 1 aromatic heterocycles. The van der Waals surface area contributed by atoms with E-state index in [4.69, 9.17) is 18.0 Å². The molecule has 3 N–H and O–H groups in total. The van der Waals surface area contributed by atoms with Crippen LogP contribution in [-0.2, 0) is 6.18 Å². The Morgan fingerprint density at radius 3 is 2.48 bits per heavy atom. The van der Waals surface area contributed by atoms with Gasteiger partial charge in [0.1, 0.15) is 4.99 Å². The highest BCUT2D eigenvalue weighted by Gasteiger charge is 2.34. The third-order valence-electron chi connectivity index (χ3n) is 2.75. The maximum Gasteiger partial charge on any atom is 0.417 e. The van der Waals surface area contributed by atoms with Gasteiger partial charge in [0.2, 0.25) is 0 Å². The normalized spacial score (nSPS) is 11.2. The Labute approximate surface area is 125 Å². The van der Waals surface area contributed by atoms with Gasteiger partial charge >= 0.3 is 6.18 Å². The lowest BCUT2D eigenvalue weighted by atomic mass is 10.1. The third-order valence-corrected chi connectivity index (χ3v) is 2.97. The van der Waals surface area contributed by atoms with Crippen LogP contribution in [0.1, 0.15) is 16.7 Å². The van der Waals surface area contributed by atoms with Crippen molar-refractivity contribution in [3.63, 3.8) is 0 Å². The van der Waals surface area contributed by atoms with Crippen molar-refractivity contribution in [1.82, 2.24) is 4.98 Å². The number of benzene rings is 1. The monoisotopic (exact) mass is 311 g/mol. The van der Waals surface area contributed by atoms with Crippen LogP contribution in [0.25, 0.3) is 0 Å². The highest BCUT2D eigenvalue weighted by molar-refractivity contribution is 7.80. The number of hydrogen-bond acceptors (Lipinski definition) is 3. The number of nitrogens with zero attached hydrogens (tertiary/aromatic N) is 1. The summed E-state index contributed by atoms with van der Waals surface area (Å²) in [7, 11) is 0. The van der Waals surface area contributed by atoms with Crippen LogP contribution in [0.4, 0.5) is 24.5 Å². The van der Waals surface area contributed by atoms with Crippen LogP contribution in [0.3, 0.4) is 0 Å². The number of pyridine rings is 1. The molecule has 1 heterocycles. The molecule has 0 saturated carbocycles. The maximum absolute atomic E-state index is 12.9. The van der Waals surface area contributed by atoms with Crippen LogP contribution in [0.2, 0.25) is 0 Å². The van der Waals surface area contributed by atoms with Gasteiger partial charge in [0.05, 0.1) is 17.4 Å². The highest BCUT2D eigenvalue weighted by atomic mass is 32.1. The molecule has 0 unspecified atom stereocenters. The summed E-state index contributed by atoms with van der Waals surface area (Å²) in [4.78, 5) is 3.70. The molecule has 0 amide bonds. The van der Waals surface area contributed by atoms with Crippen molar-refractivity contribution in [2.45, 2.75) is 13.1 Å². The van der Waals surface area contributed by atoms with Gasteiger partial charge in [-0.05, 0) is 36.8 Å². The van der Waals surface area contributed by atoms with Crippen LogP contribution in [0.15, 0.2) is 36.7 Å². The summed E-state index contributed by atoms with van der Waals surface area (Å²) in [5.74, 6) is 0. The van der Waals surface area contributed by atoms with Gasteiger partial charge in [-0.3, -0.25) is 4.98 Å². The number of halogens is 3. The number of nitrogens with one attached hydrogen (secondary N) is 1. The van der Waals surface area contributed by atoms with E-state index >= 15 is 0 Å². The van der Waals surface area contributed by atoms with Crippen molar-refractivity contribution in [2.75, 3.05) is 5.32 Å². The Hall–Kier alpha value is -2.15. The van der Waals surface area contributed by atoms with Crippen molar-refractivity contribution < 1.29 is 13.2 Å². The Morgan fingerprint density at radius 2 is 1.90 bits per heavy atom. The maximum atomic E-state index is 12.9. The molecule has 21 heavy (non-hydrogen) atoms. The van der Waals surface area contributed by atoms with Crippen molar-refractivity contribution in [3.8, 4) is 0 Å². The van der Waals surface area contributed by atoms with E-state index in [1.165, 1.54) is 12.1 Å². The molecule has 2 rings (SSSR count). The Balaban J connectivity index is 2.39. The van der Waals surface area contributed by atoms with Crippen LogP contribution < -0.4 is 11.1 Å². The number of aromatic nitrogens is 1. The van der Waals surface area contributed by atoms with E-state index in [9.17, 15) is 13.2 Å². The first kappa shape index (κ1) is 15.2. The van der Waals surface area contributed by atoms with Gasteiger partial charge < -0.3 is 11.1 Å². The number of aryl methyl sites for hydroxylation is 1. The zero-order valence-corrected chi connectivity index (χ0v) is 11.8. The predicted octanol–water partition coefficient (Wildman–Crippen LogP) is 3.79. The summed E-state index contributed by atoms with van der Waals surface area (Å²) in [5.41, 5.74) is 6.40. The van der Waals surface area contributed by atoms with Crippen LogP contribution in [-0.4, -0.2) is 9.97 Å². The van der Waals surface area contributed by atoms with Gasteiger partial charge in [-0.15, -0.1) is 0 Å². The predicted molar refractivity (Wildman–Crippen MR) is 79.6 cm³/mol. The second-order valence-corrected chi connectivity index (χ2v) is 4.94. The summed E-state index contributed by atoms with van der Waals surface area (Å²) < 4.78 is 38.6. The first-order valence-corrected chi connectivity index (χ1v) is 6.38. The molecule has 1 aromatic carbocycles. The highest BCUT2D eigenvalue weighted by Crippen LogP contribution is 2.33. The second-order valence-electron chi connectivity index (χ2n) is 4.50. The van der Waals surface area contributed by atoms with Crippen LogP contribution in [0, 0.1) is 6.92 Å². The van der Waals surface area contributed by atoms with E-state index in [-0.39, 0.29) is 10.6 Å². The van der Waals surface area contributed by atoms with Gasteiger partial charge in [-0.2, -0.15) is 13.2 Å². The van der Waals surface area contributed by atoms with Gasteiger partial charge in [0.15, 0.2) is 0 Å². The average Bonchev–Trinajstić information content (AvgIpc) is 2.37. The first-order chi connectivity index (χ1) is 9.77. The number of alkyl halides is 3. The molecule has 2 aromatic rings. The molecule has 0 aliphatic carbocycles. The minimum Gasteiger partial charge on any atom is -0.389 e. The Bertz CT molecular complexity index is 683. The fourth-order valence-electron chi connectivity index (χ4n) is 1.86. The number of rotatable bonds is 3. The summed E-state index contributed by atoms with van der Waals surface area (Å²) in [6, 6.07) is 5.39. The third kappa shape index (κ3) is 3.69. The quantitative estimate of drug-likeness (QED) is 0.847. The molecule has 110 valence electrons. The first-order valence-electron chi connectivity index (χ1n) is 5.97. The van der Waals surface area contributed by atoms with Gasteiger partial charge in [-0.1, -0.05) is 12.2 Å². The molecule has 0 atom stereocenters. The zero-order chi connectivity index (χ0) is 15.6. The smallest absolute Gasteiger partial charge is 0.389 e. The van der Waals surface area contributed by atoms with E-state index in [1.807, 2.05) is 13.0 Å². The number of thiocarbonyl (C=S) groups is 1. The lowest BCUT2D eigenvalue weighted by Gasteiger charge is -2.14. The van der Waals surface area contributed by atoms with E-state index < -0.39 is 11.7 Å². The number of hydrogen-bond donors (Lipinski definition) is 2. The molecule has 0 spiro atoms. The van der Waals surface area contributed by atoms with Gasteiger partial charge in [-0.25, -0.2) is 0 Å². The minimum atomic E-state index is -4.50. The number of anilines is 2. The largest absolute Gasteiger partial charge is 0.417 e. The molecular weight excluding hydrogens is 299 g/mol. The number of nitrogens with two attached hydrogens (primary N) is 1. The summed E-state index contributed by atoms with van der Waals surface area (Å²) in [5, 5.41) is 2.97. The molecule has 0 aliphatic rings. The van der Waals surface area contributed by atoms with E-state index in [0.717, 1.165) is 11.6 Å². The average molecular weight is 311 g/mol. The fourth-order valence-corrected chi connectivity index (χ4v) is 2.03. The fraction of sp³-hybridized carbons (Fsp3) is 0.143. The van der Waals surface area contributed by atoms with Crippen LogP contribution >= 0.6 is 12.2 Å². The summed E-state index contributed by atoms with van der Waals surface area (Å²) in [6.07, 6.45) is -1.24. The summed E-state index contributed by atoms with van der Waals surface area (Å²) in [6.45, 7) is 1.87. The van der Waals surface area contributed by atoms with Crippen molar-refractivity contribution in [3.05, 3.63) is 53.3 Å². The zero-order valence-electron chi connectivity index (χ0n) is 11.0. The van der Waals surface area contributed by atoms with Crippen LogP contribution in [0.5, 0.6) is 0 Å². The second kappa shape index (κ2) is 5.69. The molecule has 3 nitrogen and oxygen atoms in total. The lowest BCUT2D eigenvalue weighted by molar-refractivity contribution is -0.137. The van der Waals surface area contributed by atoms with E-state index in [2.05, 4.69) is 10.3 Å². The molecule has 0 aliphatic heterocycles. The minimum absolute atomic E-state index is 0.205. The Morgan fingerprint density at radius 1 is 1.19 bits per heavy atom. The molecular formula is C14H12F3N3S. The molecule has 0 bridgehead atoms. The molecule has 0 radical (unpaired) electrons. The van der Waals surface area contributed by atoms with Crippen molar-refractivity contribution in [2.24, 2.45) is 5.73 Å². The molecule has 0 fully saturated rings. The topological polar surface area (TPSA) is 50.9 Å². The summed E-state index contributed by atoms with van der Waals surface area (Å²) >= 11 is 4.70. The molecule has 0 saturated heterocycles. The Kier molecular flexibility index (Phi) is 4.13. The van der Waals surface area contributed by atoms with E-state index in [0.29, 0.717) is 11.4 Å². The SMILES string of the molecule is Cc1cncc(Nc2ccc(C(F)(F)F)c(C(N)=S)c2)c1. The van der Waals surface area contributed by atoms with Crippen molar-refractivity contribution in [1.29, 1.82) is 0 Å². The van der Waals surface area contributed by atoms with Gasteiger partial charge in [0.25, 0.3) is 0 Å². The van der Waals surface area contributed by atoms with E-state index in [1.54, 1.807) is 12.4 Å². The lowest BCUT2D eigenvalue weighted by Crippen LogP contribution is -2.18.